The number of benzene rings is 2. The van der Waals surface area contributed by atoms with Gasteiger partial charge in [-0.15, -0.1) is 24.0 Å². The van der Waals surface area contributed by atoms with Crippen molar-refractivity contribution >= 4 is 29.9 Å². The number of phenolic OH excluding ortho intramolecular Hbond substituents is 1. The largest absolute Gasteiger partial charge is 0.505 e. The molecule has 0 radical (unpaired) electrons. The summed E-state index contributed by atoms with van der Waals surface area (Å²) in [5.41, 5.74) is 0.712. The maximum Gasteiger partial charge on any atom is 0.191 e. The lowest BCUT2D eigenvalue weighted by atomic mass is 10.2. The van der Waals surface area contributed by atoms with Gasteiger partial charge in [-0.1, -0.05) is 24.3 Å². The van der Waals surface area contributed by atoms with E-state index in [0.29, 0.717) is 31.2 Å². The van der Waals surface area contributed by atoms with E-state index >= 15 is 0 Å². The second kappa shape index (κ2) is 10.7. The molecule has 2 aromatic rings. The lowest BCUT2D eigenvalue weighted by Gasteiger charge is -2.12. The molecule has 3 N–H and O–H groups in total. The van der Waals surface area contributed by atoms with Crippen LogP contribution in [0.15, 0.2) is 53.5 Å². The van der Waals surface area contributed by atoms with E-state index in [-0.39, 0.29) is 29.7 Å². The van der Waals surface area contributed by atoms with Crippen LogP contribution in [-0.2, 0) is 6.54 Å². The van der Waals surface area contributed by atoms with Gasteiger partial charge in [0.2, 0.25) is 0 Å². The van der Waals surface area contributed by atoms with E-state index in [9.17, 15) is 4.39 Å². The van der Waals surface area contributed by atoms with Crippen molar-refractivity contribution < 1.29 is 14.2 Å². The van der Waals surface area contributed by atoms with Crippen molar-refractivity contribution in [1.29, 1.82) is 0 Å². The minimum absolute atomic E-state index is 0. The summed E-state index contributed by atoms with van der Waals surface area (Å²) < 4.78 is 18.8. The zero-order valence-electron chi connectivity index (χ0n) is 13.3. The first-order valence-electron chi connectivity index (χ1n) is 7.29. The molecule has 0 aliphatic rings. The highest BCUT2D eigenvalue weighted by molar-refractivity contribution is 14.0. The summed E-state index contributed by atoms with van der Waals surface area (Å²) in [6, 6.07) is 13.8. The summed E-state index contributed by atoms with van der Waals surface area (Å²) in [7, 11) is 1.66. The molecule has 0 saturated carbocycles. The van der Waals surface area contributed by atoms with Crippen molar-refractivity contribution in [2.45, 2.75) is 6.54 Å². The van der Waals surface area contributed by atoms with Crippen LogP contribution in [0.3, 0.4) is 0 Å². The smallest absolute Gasteiger partial charge is 0.191 e. The average molecular weight is 445 g/mol. The average Bonchev–Trinajstić information content (AvgIpc) is 2.58. The van der Waals surface area contributed by atoms with Gasteiger partial charge in [-0.05, 0) is 29.8 Å². The lowest BCUT2D eigenvalue weighted by molar-refractivity contribution is 0.322. The van der Waals surface area contributed by atoms with Crippen molar-refractivity contribution in [3.05, 3.63) is 59.9 Å². The van der Waals surface area contributed by atoms with Crippen molar-refractivity contribution in [3.8, 4) is 11.5 Å². The zero-order valence-corrected chi connectivity index (χ0v) is 15.7. The Labute approximate surface area is 158 Å². The van der Waals surface area contributed by atoms with Gasteiger partial charge in [-0.3, -0.25) is 4.99 Å². The van der Waals surface area contributed by atoms with Crippen LogP contribution < -0.4 is 15.4 Å². The number of para-hydroxylation sites is 1. The van der Waals surface area contributed by atoms with E-state index < -0.39 is 5.82 Å². The summed E-state index contributed by atoms with van der Waals surface area (Å²) >= 11 is 0. The van der Waals surface area contributed by atoms with Crippen molar-refractivity contribution in [2.75, 3.05) is 20.2 Å². The quantitative estimate of drug-likeness (QED) is 0.277. The van der Waals surface area contributed by atoms with E-state index in [2.05, 4.69) is 15.6 Å². The molecule has 130 valence electrons. The highest BCUT2D eigenvalue weighted by Crippen LogP contribution is 2.15. The molecule has 0 saturated heterocycles. The number of guanidine groups is 1. The summed E-state index contributed by atoms with van der Waals surface area (Å²) in [6.45, 7) is 1.48. The molecule has 24 heavy (non-hydrogen) atoms. The van der Waals surface area contributed by atoms with Crippen LogP contribution in [0.1, 0.15) is 5.56 Å². The maximum atomic E-state index is 13.3. The first-order valence-corrected chi connectivity index (χ1v) is 7.29. The summed E-state index contributed by atoms with van der Waals surface area (Å²) in [4.78, 5) is 4.08. The molecule has 0 atom stereocenters. The Morgan fingerprint density at radius 2 is 1.92 bits per heavy atom. The normalized spacial score (nSPS) is 10.7. The molecule has 0 aliphatic carbocycles. The van der Waals surface area contributed by atoms with E-state index in [1.807, 2.05) is 30.3 Å². The molecular weight excluding hydrogens is 424 g/mol. The Morgan fingerprint density at radius 3 is 2.58 bits per heavy atom. The van der Waals surface area contributed by atoms with Gasteiger partial charge in [0.1, 0.15) is 12.4 Å². The SMILES string of the molecule is CN=C(NCCOc1ccccc1)NCc1ccc(O)c(F)c1.I. The number of halogens is 2. The van der Waals surface area contributed by atoms with Gasteiger partial charge >= 0.3 is 0 Å². The molecule has 0 fully saturated rings. The fourth-order valence-electron chi connectivity index (χ4n) is 1.92. The zero-order chi connectivity index (χ0) is 16.5. The molecule has 2 rings (SSSR count). The van der Waals surface area contributed by atoms with Crippen molar-refractivity contribution in [2.24, 2.45) is 4.99 Å². The van der Waals surface area contributed by atoms with Gasteiger partial charge in [0.05, 0.1) is 6.54 Å². The summed E-state index contributed by atoms with van der Waals surface area (Å²) in [5, 5.41) is 15.3. The van der Waals surface area contributed by atoms with Gasteiger partial charge in [0.25, 0.3) is 0 Å². The standard InChI is InChI=1S/C17H20FN3O2.HI/c1-19-17(20-9-10-23-14-5-3-2-4-6-14)21-12-13-7-8-16(22)15(18)11-13;/h2-8,11,22H,9-10,12H2,1H3,(H2,19,20,21);1H. The molecule has 0 unspecified atom stereocenters. The number of phenols is 1. The van der Waals surface area contributed by atoms with Crippen LogP contribution >= 0.6 is 24.0 Å². The number of rotatable bonds is 6. The second-order valence-corrected chi connectivity index (χ2v) is 4.80. The Kier molecular flexibility index (Phi) is 8.92. The van der Waals surface area contributed by atoms with Gasteiger partial charge in [-0.2, -0.15) is 0 Å². The van der Waals surface area contributed by atoms with Crippen LogP contribution in [0.5, 0.6) is 11.5 Å². The van der Waals surface area contributed by atoms with Crippen molar-refractivity contribution in [3.63, 3.8) is 0 Å². The highest BCUT2D eigenvalue weighted by atomic mass is 127. The third kappa shape index (κ3) is 6.61. The molecule has 5 nitrogen and oxygen atoms in total. The number of hydrogen-bond acceptors (Lipinski definition) is 3. The molecule has 0 heterocycles. The van der Waals surface area contributed by atoms with Crippen LogP contribution in [0, 0.1) is 5.82 Å². The molecule has 2 aromatic carbocycles. The number of aromatic hydroxyl groups is 1. The summed E-state index contributed by atoms with van der Waals surface area (Å²) in [6.07, 6.45) is 0. The predicted molar refractivity (Wildman–Crippen MR) is 104 cm³/mol. The minimum Gasteiger partial charge on any atom is -0.505 e. The molecule has 0 bridgehead atoms. The van der Waals surface area contributed by atoms with Gasteiger partial charge in [0, 0.05) is 13.6 Å². The Hall–Kier alpha value is -2.03. The molecule has 0 amide bonds. The highest BCUT2D eigenvalue weighted by Gasteiger charge is 2.03. The van der Waals surface area contributed by atoms with Crippen molar-refractivity contribution in [1.82, 2.24) is 10.6 Å². The van der Waals surface area contributed by atoms with Crippen LogP contribution in [0.25, 0.3) is 0 Å². The number of nitrogens with one attached hydrogen (secondary N) is 2. The first kappa shape index (κ1) is 20.0. The second-order valence-electron chi connectivity index (χ2n) is 4.80. The van der Waals surface area contributed by atoms with Crippen LogP contribution in [-0.4, -0.2) is 31.3 Å². The number of hydrogen-bond donors (Lipinski definition) is 3. The van der Waals surface area contributed by atoms with Crippen LogP contribution in [0.4, 0.5) is 4.39 Å². The molecule has 0 spiro atoms. The molecule has 7 heteroatoms. The topological polar surface area (TPSA) is 65.9 Å². The van der Waals surface area contributed by atoms with Gasteiger partial charge in [-0.25, -0.2) is 4.39 Å². The summed E-state index contributed by atoms with van der Waals surface area (Å²) in [5.74, 6) is 0.421. The predicted octanol–water partition coefficient (Wildman–Crippen LogP) is 2.89. The van der Waals surface area contributed by atoms with Gasteiger partial charge < -0.3 is 20.5 Å². The first-order chi connectivity index (χ1) is 11.2. The minimum atomic E-state index is -0.636. The molecule has 0 aliphatic heterocycles. The van der Waals surface area contributed by atoms with E-state index in [1.165, 1.54) is 12.1 Å². The third-order valence-electron chi connectivity index (χ3n) is 3.10. The van der Waals surface area contributed by atoms with E-state index in [1.54, 1.807) is 13.1 Å². The number of aliphatic imine (C=N–C) groups is 1. The number of nitrogens with zero attached hydrogens (tertiary/aromatic N) is 1. The molecular formula is C17H21FIN3O2. The lowest BCUT2D eigenvalue weighted by Crippen LogP contribution is -2.38. The Morgan fingerprint density at radius 1 is 1.17 bits per heavy atom. The third-order valence-corrected chi connectivity index (χ3v) is 3.10. The monoisotopic (exact) mass is 445 g/mol. The molecule has 0 aromatic heterocycles. The van der Waals surface area contributed by atoms with Crippen LogP contribution in [0.2, 0.25) is 0 Å². The Balaban J connectivity index is 0.00000288. The fraction of sp³-hybridized carbons (Fsp3) is 0.235. The van der Waals surface area contributed by atoms with E-state index in [0.717, 1.165) is 5.75 Å². The van der Waals surface area contributed by atoms with Gasteiger partial charge in [0.15, 0.2) is 17.5 Å². The Bertz CT molecular complexity index is 654. The fourth-order valence-corrected chi connectivity index (χ4v) is 1.92. The van der Waals surface area contributed by atoms with E-state index in [4.69, 9.17) is 9.84 Å². The number of ether oxygens (including phenoxy) is 1. The maximum absolute atomic E-state index is 13.3.